The average molecular weight is 413 g/mol. The highest BCUT2D eigenvalue weighted by Crippen LogP contribution is 2.22. The molecule has 164 valence electrons. The summed E-state index contributed by atoms with van der Waals surface area (Å²) >= 11 is 0. The van der Waals surface area contributed by atoms with Crippen LogP contribution in [0.5, 0.6) is 0 Å². The minimum absolute atomic E-state index is 0.0823. The van der Waals surface area contributed by atoms with E-state index >= 15 is 0 Å². The Bertz CT molecular complexity index is 729. The minimum Gasteiger partial charge on any atom is -0.462 e. The highest BCUT2D eigenvalue weighted by Gasteiger charge is 2.31. The Morgan fingerprint density at radius 1 is 1.03 bits per heavy atom. The third-order valence-corrected chi connectivity index (χ3v) is 3.24. The third kappa shape index (κ3) is 8.41. The van der Waals surface area contributed by atoms with Gasteiger partial charge in [0, 0.05) is 6.54 Å². The molecule has 29 heavy (non-hydrogen) atoms. The molecule has 1 heterocycles. The average Bonchev–Trinajstić information content (AvgIpc) is 2.89. The number of nitrogens with one attached hydrogen (secondary N) is 2. The molecule has 10 nitrogen and oxygen atoms in total. The molecular formula is C19H31N3O7. The number of rotatable bonds is 6. The summed E-state index contributed by atoms with van der Waals surface area (Å²) in [6.07, 6.45) is -1.43. The molecule has 2 N–H and O–H groups in total. The SMILES string of the molecule is CCOC(=O)c1c(C(CNC(=O)OC(C)(C)C)NC(=O)OC(C)(C)C)noc1C. The van der Waals surface area contributed by atoms with Gasteiger partial charge in [-0.05, 0) is 55.4 Å². The molecular weight excluding hydrogens is 382 g/mol. The molecule has 0 aliphatic carbocycles. The van der Waals surface area contributed by atoms with Crippen LogP contribution in [-0.4, -0.2) is 47.7 Å². The van der Waals surface area contributed by atoms with Crippen molar-refractivity contribution in [1.29, 1.82) is 0 Å². The van der Waals surface area contributed by atoms with Crippen molar-refractivity contribution >= 4 is 18.2 Å². The van der Waals surface area contributed by atoms with Crippen LogP contribution >= 0.6 is 0 Å². The first kappa shape index (κ1) is 24.3. The van der Waals surface area contributed by atoms with E-state index in [1.165, 1.54) is 0 Å². The van der Waals surface area contributed by atoms with E-state index in [9.17, 15) is 14.4 Å². The van der Waals surface area contributed by atoms with E-state index in [0.717, 1.165) is 0 Å². The molecule has 1 rings (SSSR count). The lowest BCUT2D eigenvalue weighted by Crippen LogP contribution is -2.42. The van der Waals surface area contributed by atoms with Crippen molar-refractivity contribution in [2.24, 2.45) is 0 Å². The molecule has 0 fully saturated rings. The van der Waals surface area contributed by atoms with Gasteiger partial charge >= 0.3 is 18.2 Å². The zero-order valence-corrected chi connectivity index (χ0v) is 18.3. The van der Waals surface area contributed by atoms with Crippen molar-refractivity contribution in [3.63, 3.8) is 0 Å². The van der Waals surface area contributed by atoms with Crippen LogP contribution in [-0.2, 0) is 14.2 Å². The quantitative estimate of drug-likeness (QED) is 0.537. The van der Waals surface area contributed by atoms with Crippen LogP contribution in [0.1, 0.15) is 76.3 Å². The van der Waals surface area contributed by atoms with E-state index in [1.54, 1.807) is 55.4 Å². The standard InChI is InChI=1S/C19H31N3O7/c1-9-26-15(23)13-11(2)29-22-14(13)12(21-17(25)28-19(6,7)8)10-20-16(24)27-18(3,4)5/h12H,9-10H2,1-8H3,(H,20,24)(H,21,25). The molecule has 0 radical (unpaired) electrons. The van der Waals surface area contributed by atoms with Gasteiger partial charge in [0.25, 0.3) is 0 Å². The number of carbonyl (C=O) groups excluding carboxylic acids is 3. The lowest BCUT2D eigenvalue weighted by atomic mass is 10.1. The van der Waals surface area contributed by atoms with E-state index in [0.29, 0.717) is 0 Å². The van der Waals surface area contributed by atoms with Crippen LogP contribution in [0.15, 0.2) is 4.52 Å². The van der Waals surface area contributed by atoms with E-state index in [-0.39, 0.29) is 30.2 Å². The second kappa shape index (κ2) is 9.62. The van der Waals surface area contributed by atoms with Gasteiger partial charge in [0.2, 0.25) is 0 Å². The zero-order chi connectivity index (χ0) is 22.4. The van der Waals surface area contributed by atoms with Crippen molar-refractivity contribution < 1.29 is 33.1 Å². The zero-order valence-electron chi connectivity index (χ0n) is 18.3. The number of aryl methyl sites for hydroxylation is 1. The predicted molar refractivity (Wildman–Crippen MR) is 104 cm³/mol. The van der Waals surface area contributed by atoms with Crippen molar-refractivity contribution in [2.45, 2.75) is 72.6 Å². The lowest BCUT2D eigenvalue weighted by molar-refractivity contribution is 0.0457. The molecule has 1 aromatic rings. The van der Waals surface area contributed by atoms with Crippen molar-refractivity contribution in [2.75, 3.05) is 13.2 Å². The number of carbonyl (C=O) groups is 3. The van der Waals surface area contributed by atoms with Gasteiger partial charge in [-0.1, -0.05) is 5.16 Å². The van der Waals surface area contributed by atoms with Crippen LogP contribution in [0.3, 0.4) is 0 Å². The van der Waals surface area contributed by atoms with Gasteiger partial charge in [-0.3, -0.25) is 0 Å². The van der Waals surface area contributed by atoms with Gasteiger partial charge in [-0.15, -0.1) is 0 Å². The number of amides is 2. The molecule has 10 heteroatoms. The molecule has 0 aliphatic heterocycles. The Labute approximate surface area is 170 Å². The molecule has 2 amide bonds. The van der Waals surface area contributed by atoms with Crippen LogP contribution in [0.4, 0.5) is 9.59 Å². The van der Waals surface area contributed by atoms with E-state index < -0.39 is 35.4 Å². The predicted octanol–water partition coefficient (Wildman–Crippen LogP) is 3.25. The van der Waals surface area contributed by atoms with Crippen LogP contribution in [0, 0.1) is 6.92 Å². The molecule has 1 unspecified atom stereocenters. The molecule has 0 aromatic carbocycles. The number of aromatic nitrogens is 1. The lowest BCUT2D eigenvalue weighted by Gasteiger charge is -2.24. The minimum atomic E-state index is -0.922. The Kier molecular flexibility index (Phi) is 8.05. The molecule has 0 saturated heterocycles. The summed E-state index contributed by atoms with van der Waals surface area (Å²) in [5.41, 5.74) is -1.24. The third-order valence-electron chi connectivity index (χ3n) is 3.24. The molecule has 0 aliphatic rings. The van der Waals surface area contributed by atoms with Gasteiger partial charge in [-0.2, -0.15) is 0 Å². The van der Waals surface area contributed by atoms with Crippen LogP contribution in [0.2, 0.25) is 0 Å². The normalized spacial score (nSPS) is 12.7. The van der Waals surface area contributed by atoms with Crippen LogP contribution in [0.25, 0.3) is 0 Å². The van der Waals surface area contributed by atoms with Gasteiger partial charge in [0.05, 0.1) is 12.6 Å². The number of hydrogen-bond acceptors (Lipinski definition) is 8. The molecule has 0 spiro atoms. The second-order valence-electron chi connectivity index (χ2n) is 8.30. The van der Waals surface area contributed by atoms with Crippen molar-refractivity contribution in [3.8, 4) is 0 Å². The Morgan fingerprint density at radius 3 is 2.10 bits per heavy atom. The summed E-state index contributed by atoms with van der Waals surface area (Å²) in [7, 11) is 0. The molecule has 0 saturated carbocycles. The molecule has 1 aromatic heterocycles. The maximum Gasteiger partial charge on any atom is 0.408 e. The number of hydrogen-bond donors (Lipinski definition) is 2. The summed E-state index contributed by atoms with van der Waals surface area (Å²) in [5, 5.41) is 9.03. The van der Waals surface area contributed by atoms with Gasteiger partial charge < -0.3 is 29.4 Å². The fraction of sp³-hybridized carbons (Fsp3) is 0.684. The summed E-state index contributed by atoms with van der Waals surface area (Å²) in [6, 6.07) is -0.922. The first-order valence-electron chi connectivity index (χ1n) is 9.33. The summed E-state index contributed by atoms with van der Waals surface area (Å²) < 4.78 is 20.6. The van der Waals surface area contributed by atoms with Gasteiger partial charge in [-0.25, -0.2) is 14.4 Å². The topological polar surface area (TPSA) is 129 Å². The fourth-order valence-corrected chi connectivity index (χ4v) is 2.24. The van der Waals surface area contributed by atoms with Crippen LogP contribution < -0.4 is 10.6 Å². The first-order chi connectivity index (χ1) is 13.2. The van der Waals surface area contributed by atoms with Crippen molar-refractivity contribution in [3.05, 3.63) is 17.0 Å². The summed E-state index contributed by atoms with van der Waals surface area (Å²) in [5.74, 6) is -0.416. The van der Waals surface area contributed by atoms with Gasteiger partial charge in [0.1, 0.15) is 28.2 Å². The first-order valence-corrected chi connectivity index (χ1v) is 9.33. The largest absolute Gasteiger partial charge is 0.462 e. The molecule has 1 atom stereocenters. The maximum atomic E-state index is 12.3. The summed E-state index contributed by atoms with van der Waals surface area (Å²) in [6.45, 7) is 13.6. The van der Waals surface area contributed by atoms with Crippen molar-refractivity contribution in [1.82, 2.24) is 15.8 Å². The fourth-order valence-electron chi connectivity index (χ4n) is 2.24. The highest BCUT2D eigenvalue weighted by atomic mass is 16.6. The van der Waals surface area contributed by atoms with E-state index in [2.05, 4.69) is 15.8 Å². The second-order valence-corrected chi connectivity index (χ2v) is 8.30. The molecule has 0 bridgehead atoms. The van der Waals surface area contributed by atoms with E-state index in [4.69, 9.17) is 18.7 Å². The highest BCUT2D eigenvalue weighted by molar-refractivity contribution is 5.92. The summed E-state index contributed by atoms with van der Waals surface area (Å²) in [4.78, 5) is 36.6. The number of nitrogens with zero attached hydrogens (tertiary/aromatic N) is 1. The Hall–Kier alpha value is -2.78. The number of esters is 1. The Balaban J connectivity index is 3.09. The van der Waals surface area contributed by atoms with Gasteiger partial charge in [0.15, 0.2) is 0 Å². The number of ether oxygens (including phenoxy) is 3. The maximum absolute atomic E-state index is 12.3. The number of alkyl carbamates (subject to hydrolysis) is 2. The Morgan fingerprint density at radius 2 is 1.59 bits per heavy atom. The smallest absolute Gasteiger partial charge is 0.408 e. The van der Waals surface area contributed by atoms with E-state index in [1.807, 2.05) is 0 Å². The monoisotopic (exact) mass is 413 g/mol.